The van der Waals surface area contributed by atoms with Crippen LogP contribution in [0.4, 0.5) is 5.82 Å². The average molecular weight is 434 g/mol. The maximum absolute atomic E-state index is 5.51. The zero-order chi connectivity index (χ0) is 22.7. The van der Waals surface area contributed by atoms with Crippen LogP contribution in [0.5, 0.6) is 0 Å². The van der Waals surface area contributed by atoms with Crippen molar-refractivity contribution in [1.29, 1.82) is 0 Å². The van der Waals surface area contributed by atoms with Crippen molar-refractivity contribution in [3.05, 3.63) is 64.4 Å². The molecule has 2 aliphatic rings. The van der Waals surface area contributed by atoms with Gasteiger partial charge in [0.25, 0.3) is 0 Å². The van der Waals surface area contributed by atoms with Gasteiger partial charge in [-0.1, -0.05) is 18.2 Å². The van der Waals surface area contributed by atoms with E-state index in [4.69, 9.17) is 9.84 Å². The van der Waals surface area contributed by atoms with Crippen molar-refractivity contribution in [2.24, 2.45) is 0 Å². The van der Waals surface area contributed by atoms with E-state index in [2.05, 4.69) is 52.0 Å². The van der Waals surface area contributed by atoms with Crippen LogP contribution in [0.3, 0.4) is 0 Å². The third kappa shape index (κ3) is 4.75. The first-order chi connectivity index (χ1) is 15.4. The number of hydrogen-bond donors (Lipinski definition) is 0. The van der Waals surface area contributed by atoms with Crippen LogP contribution < -0.4 is 4.90 Å². The highest BCUT2D eigenvalue weighted by atomic mass is 16.5. The van der Waals surface area contributed by atoms with Crippen LogP contribution in [0, 0.1) is 13.8 Å². The van der Waals surface area contributed by atoms with Crippen LogP contribution in [0.15, 0.2) is 36.2 Å². The molecule has 0 unspecified atom stereocenters. The molecule has 0 atom stereocenters. The number of piperidine rings is 1. The van der Waals surface area contributed by atoms with Gasteiger partial charge in [-0.15, -0.1) is 0 Å². The predicted molar refractivity (Wildman–Crippen MR) is 128 cm³/mol. The van der Waals surface area contributed by atoms with Gasteiger partial charge >= 0.3 is 0 Å². The normalized spacial score (nSPS) is 17.5. The second kappa shape index (κ2) is 9.49. The molecule has 1 saturated heterocycles. The molecule has 0 spiro atoms. The maximum atomic E-state index is 5.51. The molecule has 0 bridgehead atoms. The Kier molecular flexibility index (Phi) is 6.70. The summed E-state index contributed by atoms with van der Waals surface area (Å²) < 4.78 is 5.51. The van der Waals surface area contributed by atoms with Gasteiger partial charge in [0.2, 0.25) is 0 Å². The zero-order valence-electron chi connectivity index (χ0n) is 20.1. The van der Waals surface area contributed by atoms with Gasteiger partial charge < -0.3 is 9.64 Å². The summed E-state index contributed by atoms with van der Waals surface area (Å²) in [6, 6.07) is 0. The van der Waals surface area contributed by atoms with E-state index in [1.165, 1.54) is 22.4 Å². The highest BCUT2D eigenvalue weighted by Crippen LogP contribution is 2.32. The molecule has 2 aromatic rings. The second-order valence-corrected chi connectivity index (χ2v) is 9.45. The van der Waals surface area contributed by atoms with Gasteiger partial charge in [-0.2, -0.15) is 10.2 Å². The third-order valence-corrected chi connectivity index (χ3v) is 7.07. The lowest BCUT2D eigenvalue weighted by molar-refractivity contribution is 0.0152. The highest BCUT2D eigenvalue weighted by molar-refractivity contribution is 5.40. The summed E-state index contributed by atoms with van der Waals surface area (Å²) >= 11 is 0. The number of ether oxygens (including phenoxy) is 1. The minimum absolute atomic E-state index is 0.428. The summed E-state index contributed by atoms with van der Waals surface area (Å²) in [6.45, 7) is 10.3. The molecule has 2 aromatic heterocycles. The quantitative estimate of drug-likeness (QED) is 0.641. The summed E-state index contributed by atoms with van der Waals surface area (Å²) in [7, 11) is 1.70. The standard InChI is InChI=1S/C26H35N5O/c1-18-19(2)25(30-29-22(18)15-20-9-7-6-8-10-20)21-11-13-31(14-12-21)24-17-27-23(16-28-24)26(3,4)32-5/h7,9-10,16-17,21H,6,8,11-15H2,1-5H3. The van der Waals surface area contributed by atoms with Gasteiger partial charge in [0.05, 0.1) is 29.5 Å². The van der Waals surface area contributed by atoms with Crippen molar-refractivity contribution in [1.82, 2.24) is 20.2 Å². The first kappa shape index (κ1) is 22.6. The Morgan fingerprint density at radius 2 is 1.81 bits per heavy atom. The van der Waals surface area contributed by atoms with Crippen molar-refractivity contribution in [2.75, 3.05) is 25.1 Å². The Labute approximate surface area is 191 Å². The molecule has 4 rings (SSSR count). The molecule has 3 heterocycles. The van der Waals surface area contributed by atoms with Crippen LogP contribution in [-0.2, 0) is 16.8 Å². The van der Waals surface area contributed by atoms with Gasteiger partial charge in [0.1, 0.15) is 11.4 Å². The molecule has 0 N–H and O–H groups in total. The SMILES string of the molecule is COC(C)(C)c1cnc(N2CCC(c3nnc(CC4=CCCC=C4)c(C)c3C)CC2)cn1. The van der Waals surface area contributed by atoms with E-state index in [-0.39, 0.29) is 0 Å². The summed E-state index contributed by atoms with van der Waals surface area (Å²) in [5.74, 6) is 1.38. The molecular formula is C26H35N5O. The monoisotopic (exact) mass is 433 g/mol. The van der Waals surface area contributed by atoms with E-state index >= 15 is 0 Å². The molecule has 0 aromatic carbocycles. The fraction of sp³-hybridized carbons (Fsp3) is 0.538. The summed E-state index contributed by atoms with van der Waals surface area (Å²) in [5, 5.41) is 9.37. The Hall–Kier alpha value is -2.60. The van der Waals surface area contributed by atoms with E-state index in [0.717, 1.165) is 62.4 Å². The van der Waals surface area contributed by atoms with Crippen molar-refractivity contribution in [2.45, 2.75) is 71.3 Å². The maximum Gasteiger partial charge on any atom is 0.147 e. The van der Waals surface area contributed by atoms with Gasteiger partial charge in [-0.3, -0.25) is 4.98 Å². The molecule has 32 heavy (non-hydrogen) atoms. The van der Waals surface area contributed by atoms with Crippen molar-refractivity contribution < 1.29 is 4.74 Å². The lowest BCUT2D eigenvalue weighted by Crippen LogP contribution is -2.34. The number of rotatable bonds is 6. The summed E-state index contributed by atoms with van der Waals surface area (Å²) in [6.07, 6.45) is 15.8. The smallest absolute Gasteiger partial charge is 0.147 e. The minimum atomic E-state index is -0.428. The van der Waals surface area contributed by atoms with E-state index in [1.807, 2.05) is 26.2 Å². The molecule has 0 amide bonds. The van der Waals surface area contributed by atoms with Crippen LogP contribution in [0.2, 0.25) is 0 Å². The molecule has 6 heteroatoms. The Balaban J connectivity index is 1.41. The van der Waals surface area contributed by atoms with Gasteiger partial charge in [-0.05, 0) is 70.1 Å². The van der Waals surface area contributed by atoms with Crippen molar-refractivity contribution in [3.63, 3.8) is 0 Å². The summed E-state index contributed by atoms with van der Waals surface area (Å²) in [5.41, 5.74) is 6.65. The fourth-order valence-electron chi connectivity index (χ4n) is 4.50. The largest absolute Gasteiger partial charge is 0.372 e. The highest BCUT2D eigenvalue weighted by Gasteiger charge is 2.26. The topological polar surface area (TPSA) is 64.0 Å². The fourth-order valence-corrected chi connectivity index (χ4v) is 4.50. The third-order valence-electron chi connectivity index (χ3n) is 7.07. The molecule has 170 valence electrons. The number of hydrogen-bond acceptors (Lipinski definition) is 6. The molecule has 1 fully saturated rings. The van der Waals surface area contributed by atoms with Gasteiger partial charge in [0.15, 0.2) is 0 Å². The van der Waals surface area contributed by atoms with E-state index in [1.54, 1.807) is 7.11 Å². The van der Waals surface area contributed by atoms with Crippen LogP contribution >= 0.6 is 0 Å². The van der Waals surface area contributed by atoms with Crippen LogP contribution in [0.1, 0.15) is 73.7 Å². The molecular weight excluding hydrogens is 398 g/mol. The molecule has 0 saturated carbocycles. The number of methoxy groups -OCH3 is 1. The van der Waals surface area contributed by atoms with Crippen LogP contribution in [-0.4, -0.2) is 40.4 Å². The predicted octanol–water partition coefficient (Wildman–Crippen LogP) is 4.97. The Bertz CT molecular complexity index is 1000. The van der Waals surface area contributed by atoms with E-state index < -0.39 is 5.60 Å². The van der Waals surface area contributed by atoms with E-state index in [9.17, 15) is 0 Å². The molecule has 1 aliphatic heterocycles. The van der Waals surface area contributed by atoms with E-state index in [0.29, 0.717) is 5.92 Å². The first-order valence-electron chi connectivity index (χ1n) is 11.7. The van der Waals surface area contributed by atoms with Crippen LogP contribution in [0.25, 0.3) is 0 Å². The van der Waals surface area contributed by atoms with Gasteiger partial charge in [0, 0.05) is 32.5 Å². The minimum Gasteiger partial charge on any atom is -0.372 e. The molecule has 0 radical (unpaired) electrons. The Morgan fingerprint density at radius 1 is 1.03 bits per heavy atom. The molecule has 1 aliphatic carbocycles. The zero-order valence-corrected chi connectivity index (χ0v) is 20.1. The number of nitrogens with zero attached hydrogens (tertiary/aromatic N) is 5. The lowest BCUT2D eigenvalue weighted by atomic mass is 9.89. The first-order valence-corrected chi connectivity index (χ1v) is 11.7. The Morgan fingerprint density at radius 3 is 2.44 bits per heavy atom. The number of anilines is 1. The lowest BCUT2D eigenvalue weighted by Gasteiger charge is -2.33. The van der Waals surface area contributed by atoms with Gasteiger partial charge in [-0.25, -0.2) is 4.98 Å². The van der Waals surface area contributed by atoms with Crippen molar-refractivity contribution in [3.8, 4) is 0 Å². The van der Waals surface area contributed by atoms with Crippen molar-refractivity contribution >= 4 is 5.82 Å². The number of allylic oxidation sites excluding steroid dienone is 4. The summed E-state index contributed by atoms with van der Waals surface area (Å²) in [4.78, 5) is 11.6. The number of aromatic nitrogens is 4. The molecule has 6 nitrogen and oxygen atoms in total. The average Bonchev–Trinajstić information content (AvgIpc) is 2.83. The second-order valence-electron chi connectivity index (χ2n) is 9.45.